The minimum absolute atomic E-state index is 0.115. The van der Waals surface area contributed by atoms with Gasteiger partial charge in [0.1, 0.15) is 0 Å². The van der Waals surface area contributed by atoms with E-state index in [1.165, 1.54) is 7.11 Å². The summed E-state index contributed by atoms with van der Waals surface area (Å²) in [5, 5.41) is 0. The Hall–Kier alpha value is -0.610. The summed E-state index contributed by atoms with van der Waals surface area (Å²) in [6, 6.07) is 0.526. The number of esters is 1. The van der Waals surface area contributed by atoms with Crippen molar-refractivity contribution in [2.24, 2.45) is 0 Å². The molecule has 0 aliphatic heterocycles. The van der Waals surface area contributed by atoms with Gasteiger partial charge in [-0.05, 0) is 40.5 Å². The Labute approximate surface area is 99.5 Å². The summed E-state index contributed by atoms with van der Waals surface area (Å²) in [7, 11) is 5.60. The average molecular weight is 230 g/mol. The predicted octanol–water partition coefficient (Wildman–Crippen LogP) is 1.21. The Morgan fingerprint density at radius 1 is 1.38 bits per heavy atom. The molecule has 0 aromatic rings. The molecule has 0 amide bonds. The molecule has 0 rings (SSSR count). The highest BCUT2D eigenvalue weighted by Crippen LogP contribution is 2.03. The van der Waals surface area contributed by atoms with Crippen molar-refractivity contribution in [3.63, 3.8) is 0 Å². The lowest BCUT2D eigenvalue weighted by Crippen LogP contribution is -2.40. The summed E-state index contributed by atoms with van der Waals surface area (Å²) >= 11 is 0. The van der Waals surface area contributed by atoms with Crippen LogP contribution in [0.3, 0.4) is 0 Å². The Balaban J connectivity index is 3.86. The van der Waals surface area contributed by atoms with Crippen molar-refractivity contribution in [3.8, 4) is 0 Å². The van der Waals surface area contributed by atoms with E-state index in [0.29, 0.717) is 12.5 Å². The van der Waals surface area contributed by atoms with Gasteiger partial charge in [-0.1, -0.05) is 6.92 Å². The van der Waals surface area contributed by atoms with Crippen molar-refractivity contribution < 1.29 is 9.53 Å². The molecule has 96 valence electrons. The topological polar surface area (TPSA) is 32.8 Å². The molecule has 0 fully saturated rings. The zero-order valence-electron chi connectivity index (χ0n) is 11.3. The van der Waals surface area contributed by atoms with Crippen LogP contribution in [0.5, 0.6) is 0 Å². The third-order valence-electron chi connectivity index (χ3n) is 2.71. The molecule has 0 radical (unpaired) electrons. The first-order valence-electron chi connectivity index (χ1n) is 5.96. The van der Waals surface area contributed by atoms with Crippen molar-refractivity contribution in [2.75, 3.05) is 40.8 Å². The molecule has 1 unspecified atom stereocenters. The maximum absolute atomic E-state index is 11.0. The molecule has 0 spiro atoms. The lowest BCUT2D eigenvalue weighted by Gasteiger charge is -2.29. The van der Waals surface area contributed by atoms with Crippen LogP contribution in [-0.2, 0) is 9.53 Å². The highest BCUT2D eigenvalue weighted by Gasteiger charge is 2.12. The summed E-state index contributed by atoms with van der Waals surface area (Å²) < 4.78 is 4.63. The van der Waals surface area contributed by atoms with Crippen LogP contribution in [-0.4, -0.2) is 62.7 Å². The Morgan fingerprint density at radius 2 is 2.00 bits per heavy atom. The van der Waals surface area contributed by atoms with E-state index >= 15 is 0 Å². The highest BCUT2D eigenvalue weighted by molar-refractivity contribution is 5.69. The van der Waals surface area contributed by atoms with Gasteiger partial charge in [0, 0.05) is 19.0 Å². The zero-order valence-corrected chi connectivity index (χ0v) is 11.3. The van der Waals surface area contributed by atoms with E-state index < -0.39 is 0 Å². The van der Waals surface area contributed by atoms with Gasteiger partial charge < -0.3 is 9.64 Å². The van der Waals surface area contributed by atoms with Gasteiger partial charge in [0.05, 0.1) is 7.11 Å². The predicted molar refractivity (Wildman–Crippen MR) is 66.5 cm³/mol. The van der Waals surface area contributed by atoms with Crippen molar-refractivity contribution in [3.05, 3.63) is 0 Å². The maximum atomic E-state index is 11.0. The van der Waals surface area contributed by atoms with Gasteiger partial charge in [-0.15, -0.1) is 0 Å². The van der Waals surface area contributed by atoms with E-state index in [1.807, 2.05) is 0 Å². The van der Waals surface area contributed by atoms with Gasteiger partial charge in [-0.25, -0.2) is 0 Å². The van der Waals surface area contributed by atoms with Crippen molar-refractivity contribution >= 4 is 5.97 Å². The first kappa shape index (κ1) is 15.4. The Kier molecular flexibility index (Phi) is 8.21. The molecule has 0 aliphatic carbocycles. The molecule has 16 heavy (non-hydrogen) atoms. The number of hydrogen-bond donors (Lipinski definition) is 0. The number of rotatable bonds is 8. The van der Waals surface area contributed by atoms with Crippen LogP contribution in [0.2, 0.25) is 0 Å². The molecule has 4 heteroatoms. The summed E-state index contributed by atoms with van der Waals surface area (Å²) in [5.41, 5.74) is 0. The number of ether oxygens (including phenoxy) is 1. The highest BCUT2D eigenvalue weighted by atomic mass is 16.5. The van der Waals surface area contributed by atoms with Gasteiger partial charge in [0.25, 0.3) is 0 Å². The number of methoxy groups -OCH3 is 1. The molecular weight excluding hydrogens is 204 g/mol. The van der Waals surface area contributed by atoms with Gasteiger partial charge in [0.2, 0.25) is 0 Å². The minimum atomic E-state index is -0.115. The van der Waals surface area contributed by atoms with Crippen molar-refractivity contribution in [2.45, 2.75) is 32.7 Å². The second kappa shape index (κ2) is 8.53. The van der Waals surface area contributed by atoms with Crippen LogP contribution in [0.4, 0.5) is 0 Å². The van der Waals surface area contributed by atoms with Crippen molar-refractivity contribution in [1.82, 2.24) is 9.80 Å². The van der Waals surface area contributed by atoms with E-state index in [1.54, 1.807) is 0 Å². The fraction of sp³-hybridized carbons (Fsp3) is 0.917. The Morgan fingerprint density at radius 3 is 2.44 bits per heavy atom. The molecule has 0 bridgehead atoms. The van der Waals surface area contributed by atoms with E-state index in [4.69, 9.17) is 0 Å². The SMILES string of the molecule is CCN(CCCC(=O)OC)C(C)CN(C)C. The maximum Gasteiger partial charge on any atom is 0.305 e. The average Bonchev–Trinajstić information content (AvgIpc) is 2.22. The largest absolute Gasteiger partial charge is 0.469 e. The van der Waals surface area contributed by atoms with Crippen LogP contribution in [0.15, 0.2) is 0 Å². The lowest BCUT2D eigenvalue weighted by atomic mass is 10.2. The van der Waals surface area contributed by atoms with E-state index in [2.05, 4.69) is 42.5 Å². The fourth-order valence-electron chi connectivity index (χ4n) is 1.86. The molecule has 0 heterocycles. The molecule has 0 aromatic carbocycles. The summed E-state index contributed by atoms with van der Waals surface area (Å²) in [6.45, 7) is 7.41. The Bertz CT molecular complexity index is 195. The van der Waals surface area contributed by atoms with Crippen LogP contribution < -0.4 is 0 Å². The number of carbonyl (C=O) groups is 1. The molecular formula is C12H26N2O2. The molecule has 0 N–H and O–H groups in total. The van der Waals surface area contributed by atoms with Crippen molar-refractivity contribution in [1.29, 1.82) is 0 Å². The second-order valence-corrected chi connectivity index (χ2v) is 4.42. The third kappa shape index (κ3) is 6.80. The second-order valence-electron chi connectivity index (χ2n) is 4.42. The van der Waals surface area contributed by atoms with E-state index in [0.717, 1.165) is 26.1 Å². The summed E-state index contributed by atoms with van der Waals surface area (Å²) in [6.07, 6.45) is 1.39. The number of hydrogen-bond acceptors (Lipinski definition) is 4. The smallest absolute Gasteiger partial charge is 0.305 e. The quantitative estimate of drug-likeness (QED) is 0.587. The van der Waals surface area contributed by atoms with E-state index in [9.17, 15) is 4.79 Å². The minimum Gasteiger partial charge on any atom is -0.469 e. The van der Waals surface area contributed by atoms with Crippen LogP contribution in [0.25, 0.3) is 0 Å². The molecule has 0 aromatic heterocycles. The number of nitrogens with zero attached hydrogens (tertiary/aromatic N) is 2. The zero-order chi connectivity index (χ0) is 12.6. The standard InChI is InChI=1S/C12H26N2O2/c1-6-14(11(2)10-13(3)4)9-7-8-12(15)16-5/h11H,6-10H2,1-5H3. The molecule has 0 saturated carbocycles. The number of likely N-dealkylation sites (N-methyl/N-ethyl adjacent to an activating group) is 2. The first-order valence-corrected chi connectivity index (χ1v) is 5.96. The first-order chi connectivity index (χ1) is 7.51. The van der Waals surface area contributed by atoms with Gasteiger partial charge in [0.15, 0.2) is 0 Å². The van der Waals surface area contributed by atoms with E-state index in [-0.39, 0.29) is 5.97 Å². The summed E-state index contributed by atoms with van der Waals surface area (Å²) in [4.78, 5) is 15.6. The van der Waals surface area contributed by atoms with Gasteiger partial charge >= 0.3 is 5.97 Å². The third-order valence-corrected chi connectivity index (χ3v) is 2.71. The molecule has 0 aliphatic rings. The van der Waals surface area contributed by atoms with Gasteiger partial charge in [-0.2, -0.15) is 0 Å². The van der Waals surface area contributed by atoms with Gasteiger partial charge in [-0.3, -0.25) is 9.69 Å². The normalized spacial score (nSPS) is 13.2. The fourth-order valence-corrected chi connectivity index (χ4v) is 1.86. The lowest BCUT2D eigenvalue weighted by molar-refractivity contribution is -0.140. The van der Waals surface area contributed by atoms with Crippen LogP contribution in [0, 0.1) is 0 Å². The molecule has 1 atom stereocenters. The molecule has 0 saturated heterocycles. The number of carbonyl (C=O) groups excluding carboxylic acids is 1. The van der Waals surface area contributed by atoms with Crippen LogP contribution in [0.1, 0.15) is 26.7 Å². The summed E-state index contributed by atoms with van der Waals surface area (Å²) in [5.74, 6) is -0.115. The monoisotopic (exact) mass is 230 g/mol. The van der Waals surface area contributed by atoms with Crippen LogP contribution >= 0.6 is 0 Å². The molecule has 4 nitrogen and oxygen atoms in total.